The van der Waals surface area contributed by atoms with E-state index in [1.54, 1.807) is 0 Å². The summed E-state index contributed by atoms with van der Waals surface area (Å²) in [6.07, 6.45) is 2.23. The molecule has 102 valence electrons. The van der Waals surface area contributed by atoms with Crippen molar-refractivity contribution in [1.29, 1.82) is 0 Å². The minimum absolute atomic E-state index is 0.169. The quantitative estimate of drug-likeness (QED) is 0.465. The van der Waals surface area contributed by atoms with Crippen molar-refractivity contribution in [3.63, 3.8) is 0 Å². The van der Waals surface area contributed by atoms with Crippen molar-refractivity contribution >= 4 is 31.9 Å². The monoisotopic (exact) mass is 376 g/mol. The van der Waals surface area contributed by atoms with Gasteiger partial charge in [-0.15, -0.1) is 0 Å². The lowest BCUT2D eigenvalue weighted by molar-refractivity contribution is 0.139. The summed E-state index contributed by atoms with van der Waals surface area (Å²) in [7, 11) is 0. The summed E-state index contributed by atoms with van der Waals surface area (Å²) in [5.74, 6) is 0. The molecule has 18 heavy (non-hydrogen) atoms. The van der Waals surface area contributed by atoms with Gasteiger partial charge in [-0.1, -0.05) is 56.1 Å². The minimum Gasteiger partial charge on any atom is -0.382 e. The molecule has 0 unspecified atom stereocenters. The van der Waals surface area contributed by atoms with Crippen LogP contribution in [0.5, 0.6) is 0 Å². The van der Waals surface area contributed by atoms with Gasteiger partial charge in [0.15, 0.2) is 0 Å². The van der Waals surface area contributed by atoms with Crippen molar-refractivity contribution in [2.24, 2.45) is 0 Å². The molecule has 1 nitrogen and oxygen atoms in total. The number of aryl methyl sites for hydroxylation is 1. The first-order valence-electron chi connectivity index (χ1n) is 6.46. The van der Waals surface area contributed by atoms with Gasteiger partial charge in [-0.25, -0.2) is 0 Å². The molecule has 1 aromatic carbocycles. The van der Waals surface area contributed by atoms with Crippen molar-refractivity contribution in [3.8, 4) is 0 Å². The van der Waals surface area contributed by atoms with Gasteiger partial charge in [0, 0.05) is 29.3 Å². The highest BCUT2D eigenvalue weighted by molar-refractivity contribution is 9.09. The Bertz CT molecular complexity index is 348. The zero-order chi connectivity index (χ0) is 13.4. The Morgan fingerprint density at radius 1 is 1.17 bits per heavy atom. The molecule has 0 saturated carbocycles. The fraction of sp³-hybridized carbons (Fsp3) is 0.600. The van der Waals surface area contributed by atoms with Crippen molar-refractivity contribution < 1.29 is 4.74 Å². The highest BCUT2D eigenvalue weighted by Crippen LogP contribution is 2.35. The molecule has 0 radical (unpaired) electrons. The molecule has 0 fully saturated rings. The summed E-state index contributed by atoms with van der Waals surface area (Å²) in [6, 6.07) is 8.67. The molecule has 0 atom stereocenters. The van der Waals surface area contributed by atoms with E-state index < -0.39 is 0 Å². The average molecular weight is 378 g/mol. The van der Waals surface area contributed by atoms with Crippen LogP contribution in [0.25, 0.3) is 0 Å². The highest BCUT2D eigenvalue weighted by Gasteiger charge is 2.30. The molecule has 1 rings (SSSR count). The van der Waals surface area contributed by atoms with E-state index in [0.29, 0.717) is 0 Å². The fourth-order valence-electron chi connectivity index (χ4n) is 2.27. The summed E-state index contributed by atoms with van der Waals surface area (Å²) in [6.45, 7) is 5.89. The van der Waals surface area contributed by atoms with E-state index in [4.69, 9.17) is 4.74 Å². The summed E-state index contributed by atoms with van der Waals surface area (Å²) in [5.41, 5.74) is 2.98. The molecule has 3 heteroatoms. The lowest BCUT2D eigenvalue weighted by Gasteiger charge is -2.32. The second-order valence-corrected chi connectivity index (χ2v) is 5.78. The first-order valence-corrected chi connectivity index (χ1v) is 8.70. The van der Waals surface area contributed by atoms with Crippen molar-refractivity contribution in [1.82, 2.24) is 0 Å². The smallest absolute Gasteiger partial charge is 0.0466 e. The predicted octanol–water partition coefficient (Wildman–Crippen LogP) is 4.84. The van der Waals surface area contributed by atoms with Gasteiger partial charge in [0.05, 0.1) is 0 Å². The van der Waals surface area contributed by atoms with E-state index in [1.807, 2.05) is 6.92 Å². The molecular formula is C15H22Br2O. The third-order valence-corrected chi connectivity index (χ3v) is 5.52. The molecule has 0 aromatic heterocycles. The average Bonchev–Trinajstić information content (AvgIpc) is 2.41. The van der Waals surface area contributed by atoms with E-state index in [0.717, 1.165) is 36.7 Å². The number of hydrogen-bond donors (Lipinski definition) is 0. The van der Waals surface area contributed by atoms with Gasteiger partial charge in [-0.3, -0.25) is 0 Å². The zero-order valence-electron chi connectivity index (χ0n) is 11.2. The third kappa shape index (κ3) is 4.07. The van der Waals surface area contributed by atoms with Gasteiger partial charge in [-0.05, 0) is 37.8 Å². The second-order valence-electron chi connectivity index (χ2n) is 4.66. The Morgan fingerprint density at radius 3 is 2.39 bits per heavy atom. The molecule has 0 aliphatic rings. The van der Waals surface area contributed by atoms with E-state index in [-0.39, 0.29) is 5.41 Å². The SMILES string of the molecule is CCOCCCC(CBr)(CBr)c1ccccc1C. The summed E-state index contributed by atoms with van der Waals surface area (Å²) in [5, 5.41) is 1.95. The van der Waals surface area contributed by atoms with Crippen molar-refractivity contribution in [2.45, 2.75) is 32.1 Å². The maximum Gasteiger partial charge on any atom is 0.0466 e. The van der Waals surface area contributed by atoms with Gasteiger partial charge in [0.1, 0.15) is 0 Å². The summed E-state index contributed by atoms with van der Waals surface area (Å²) in [4.78, 5) is 0. The maximum absolute atomic E-state index is 5.45. The lowest BCUT2D eigenvalue weighted by atomic mass is 9.78. The Kier molecular flexibility index (Phi) is 7.50. The lowest BCUT2D eigenvalue weighted by Crippen LogP contribution is -2.31. The molecule has 0 amide bonds. The van der Waals surface area contributed by atoms with Crippen LogP contribution in [-0.4, -0.2) is 23.9 Å². The molecule has 0 N–H and O–H groups in total. The summed E-state index contributed by atoms with van der Waals surface area (Å²) < 4.78 is 5.45. The van der Waals surface area contributed by atoms with Crippen LogP contribution in [0.15, 0.2) is 24.3 Å². The van der Waals surface area contributed by atoms with Crippen LogP contribution in [0.4, 0.5) is 0 Å². The van der Waals surface area contributed by atoms with Crippen LogP contribution >= 0.6 is 31.9 Å². The van der Waals surface area contributed by atoms with E-state index in [2.05, 4.69) is 63.0 Å². The number of halogens is 2. The zero-order valence-corrected chi connectivity index (χ0v) is 14.4. The standard InChI is InChI=1S/C15H22Br2O/c1-3-18-10-6-9-15(11-16,12-17)14-8-5-4-7-13(14)2/h4-5,7-8H,3,6,9-12H2,1-2H3. The minimum atomic E-state index is 0.169. The molecule has 0 spiro atoms. The van der Waals surface area contributed by atoms with Crippen LogP contribution in [0.1, 0.15) is 30.9 Å². The number of benzene rings is 1. The Balaban J connectivity index is 2.83. The molecule has 0 saturated heterocycles. The molecule has 0 aliphatic heterocycles. The van der Waals surface area contributed by atoms with Crippen LogP contribution < -0.4 is 0 Å². The number of alkyl halides is 2. The molecule has 0 aliphatic carbocycles. The van der Waals surface area contributed by atoms with Gasteiger partial charge in [0.25, 0.3) is 0 Å². The first kappa shape index (κ1) is 16.2. The topological polar surface area (TPSA) is 9.23 Å². The van der Waals surface area contributed by atoms with E-state index >= 15 is 0 Å². The van der Waals surface area contributed by atoms with Gasteiger partial charge < -0.3 is 4.74 Å². The molecule has 1 aromatic rings. The molecule has 0 bridgehead atoms. The van der Waals surface area contributed by atoms with Crippen LogP contribution in [0.2, 0.25) is 0 Å². The van der Waals surface area contributed by atoms with Gasteiger partial charge in [-0.2, -0.15) is 0 Å². The number of hydrogen-bond acceptors (Lipinski definition) is 1. The van der Waals surface area contributed by atoms with Crippen LogP contribution in [0, 0.1) is 6.92 Å². The maximum atomic E-state index is 5.45. The fourth-order valence-corrected chi connectivity index (χ4v) is 4.37. The largest absolute Gasteiger partial charge is 0.382 e. The Hall–Kier alpha value is 0.140. The second kappa shape index (κ2) is 8.34. The van der Waals surface area contributed by atoms with Crippen molar-refractivity contribution in [2.75, 3.05) is 23.9 Å². The number of ether oxygens (including phenoxy) is 1. The predicted molar refractivity (Wildman–Crippen MR) is 86.2 cm³/mol. The van der Waals surface area contributed by atoms with Crippen LogP contribution in [-0.2, 0) is 10.2 Å². The van der Waals surface area contributed by atoms with E-state index in [1.165, 1.54) is 11.1 Å². The Labute approximate surface area is 128 Å². The van der Waals surface area contributed by atoms with Crippen LogP contribution in [0.3, 0.4) is 0 Å². The Morgan fingerprint density at radius 2 is 1.83 bits per heavy atom. The van der Waals surface area contributed by atoms with Gasteiger partial charge in [0.2, 0.25) is 0 Å². The number of rotatable bonds is 8. The van der Waals surface area contributed by atoms with Gasteiger partial charge >= 0.3 is 0 Å². The van der Waals surface area contributed by atoms with E-state index in [9.17, 15) is 0 Å². The van der Waals surface area contributed by atoms with Crippen molar-refractivity contribution in [3.05, 3.63) is 35.4 Å². The molecule has 0 heterocycles. The third-order valence-electron chi connectivity index (χ3n) is 3.38. The highest BCUT2D eigenvalue weighted by atomic mass is 79.9. The first-order chi connectivity index (χ1) is 8.70. The summed E-state index contributed by atoms with van der Waals surface area (Å²) >= 11 is 7.40. The molecular weight excluding hydrogens is 356 g/mol. The normalized spacial score (nSPS) is 11.8.